The Bertz CT molecular complexity index is 983. The second-order valence-corrected chi connectivity index (χ2v) is 6.90. The molecule has 4 nitrogen and oxygen atoms in total. The molecular weight excluding hydrogens is 320 g/mol. The third-order valence-electron chi connectivity index (χ3n) is 4.08. The summed E-state index contributed by atoms with van der Waals surface area (Å²) < 4.78 is 8.25. The van der Waals surface area contributed by atoms with Crippen LogP contribution in [0.1, 0.15) is 16.7 Å². The van der Waals surface area contributed by atoms with Crippen molar-refractivity contribution in [3.05, 3.63) is 57.9 Å². The van der Waals surface area contributed by atoms with E-state index in [1.54, 1.807) is 7.11 Å². The lowest BCUT2D eigenvalue weighted by atomic mass is 10.0. The van der Waals surface area contributed by atoms with E-state index in [0.29, 0.717) is 11.2 Å². The highest BCUT2D eigenvalue weighted by atomic mass is 32.1. The fraction of sp³-hybridized carbons (Fsp3) is 0.263. The van der Waals surface area contributed by atoms with E-state index in [1.165, 1.54) is 16.9 Å². The largest absolute Gasteiger partial charge is 0.497 e. The third kappa shape index (κ3) is 3.26. The predicted octanol–water partition coefficient (Wildman–Crippen LogP) is 3.54. The molecule has 5 heteroatoms. The number of ether oxygens (including phenoxy) is 1. The first-order valence-electron chi connectivity index (χ1n) is 7.75. The molecule has 1 aromatic heterocycles. The summed E-state index contributed by atoms with van der Waals surface area (Å²) in [7, 11) is 3.57. The normalized spacial score (nSPS) is 11.9. The number of hydrogen-bond donors (Lipinski definition) is 0. The van der Waals surface area contributed by atoms with E-state index in [0.717, 1.165) is 27.1 Å². The van der Waals surface area contributed by atoms with Crippen molar-refractivity contribution in [1.29, 1.82) is 0 Å². The Morgan fingerprint density at radius 3 is 2.71 bits per heavy atom. The van der Waals surface area contributed by atoms with Crippen molar-refractivity contribution in [2.24, 2.45) is 12.0 Å². The summed E-state index contributed by atoms with van der Waals surface area (Å²) in [5.41, 5.74) is 4.40. The monoisotopic (exact) mass is 340 g/mol. The lowest BCUT2D eigenvalue weighted by molar-refractivity contribution is -0.117. The Labute approximate surface area is 145 Å². The maximum atomic E-state index is 12.4. The molecule has 0 radical (unpaired) electrons. The molecule has 0 aliphatic carbocycles. The molecule has 0 aliphatic heterocycles. The number of fused-ring (bicyclic) bond motifs is 1. The van der Waals surface area contributed by atoms with Crippen molar-refractivity contribution < 1.29 is 9.53 Å². The fourth-order valence-electron chi connectivity index (χ4n) is 2.70. The van der Waals surface area contributed by atoms with Gasteiger partial charge in [-0.15, -0.1) is 0 Å². The van der Waals surface area contributed by atoms with Crippen molar-refractivity contribution in [3.63, 3.8) is 0 Å². The Balaban J connectivity index is 1.94. The fourth-order valence-corrected chi connectivity index (χ4v) is 3.77. The second-order valence-electron chi connectivity index (χ2n) is 5.89. The van der Waals surface area contributed by atoms with E-state index in [-0.39, 0.29) is 5.91 Å². The summed E-state index contributed by atoms with van der Waals surface area (Å²) in [5.74, 6) is 0.675. The summed E-state index contributed by atoms with van der Waals surface area (Å²) in [6.07, 6.45) is 0.323. The number of carbonyl (C=O) groups excluding carboxylic acids is 1. The van der Waals surface area contributed by atoms with Crippen LogP contribution in [0, 0.1) is 13.8 Å². The number of methoxy groups -OCH3 is 1. The first kappa shape index (κ1) is 16.5. The van der Waals surface area contributed by atoms with Gasteiger partial charge in [-0.1, -0.05) is 35.1 Å². The molecule has 0 saturated heterocycles. The summed E-state index contributed by atoms with van der Waals surface area (Å²) >= 11 is 1.49. The molecule has 0 unspecified atom stereocenters. The highest BCUT2D eigenvalue weighted by Gasteiger charge is 2.08. The number of nitrogens with zero attached hydrogens (tertiary/aromatic N) is 2. The van der Waals surface area contributed by atoms with E-state index in [4.69, 9.17) is 4.74 Å². The second kappa shape index (κ2) is 6.61. The number of thiazole rings is 1. The molecule has 1 amide bonds. The minimum atomic E-state index is -0.129. The SMILES string of the molecule is COc1ccc2c(c1)sc(=NC(=O)Cc1ccc(C)cc1C)n2C. The number of aryl methyl sites for hydroxylation is 3. The van der Waals surface area contributed by atoms with Crippen LogP contribution < -0.4 is 9.54 Å². The molecule has 3 rings (SSSR count). The van der Waals surface area contributed by atoms with E-state index >= 15 is 0 Å². The van der Waals surface area contributed by atoms with Gasteiger partial charge in [-0.25, -0.2) is 0 Å². The minimum Gasteiger partial charge on any atom is -0.497 e. The van der Waals surface area contributed by atoms with Gasteiger partial charge in [0.1, 0.15) is 5.75 Å². The molecule has 3 aromatic rings. The molecule has 0 aliphatic rings. The molecule has 0 fully saturated rings. The van der Waals surface area contributed by atoms with Gasteiger partial charge in [0.05, 0.1) is 23.7 Å². The van der Waals surface area contributed by atoms with Gasteiger partial charge in [-0.3, -0.25) is 4.79 Å². The Morgan fingerprint density at radius 2 is 2.00 bits per heavy atom. The van der Waals surface area contributed by atoms with Crippen LogP contribution in [0.2, 0.25) is 0 Å². The van der Waals surface area contributed by atoms with Gasteiger partial charge in [0.15, 0.2) is 4.80 Å². The van der Waals surface area contributed by atoms with Crippen LogP contribution in [0.15, 0.2) is 41.4 Å². The first-order chi connectivity index (χ1) is 11.5. The Hall–Kier alpha value is -2.40. The molecular formula is C19H20N2O2S. The van der Waals surface area contributed by atoms with Gasteiger partial charge >= 0.3 is 0 Å². The number of hydrogen-bond acceptors (Lipinski definition) is 3. The Morgan fingerprint density at radius 1 is 1.21 bits per heavy atom. The van der Waals surface area contributed by atoms with Crippen LogP contribution in [-0.2, 0) is 18.3 Å². The highest BCUT2D eigenvalue weighted by Crippen LogP contribution is 2.22. The number of aromatic nitrogens is 1. The van der Waals surface area contributed by atoms with Crippen LogP contribution in [0.5, 0.6) is 5.75 Å². The number of amides is 1. The molecule has 1 heterocycles. The zero-order chi connectivity index (χ0) is 17.3. The lowest BCUT2D eigenvalue weighted by Crippen LogP contribution is -2.14. The highest BCUT2D eigenvalue weighted by molar-refractivity contribution is 7.16. The average Bonchev–Trinajstić information content (AvgIpc) is 2.85. The molecule has 0 saturated carbocycles. The van der Waals surface area contributed by atoms with Crippen LogP contribution in [0.3, 0.4) is 0 Å². The van der Waals surface area contributed by atoms with Crippen LogP contribution in [0.4, 0.5) is 0 Å². The molecule has 0 bridgehead atoms. The minimum absolute atomic E-state index is 0.129. The number of carbonyl (C=O) groups is 1. The van der Waals surface area contributed by atoms with Gasteiger partial charge < -0.3 is 9.30 Å². The molecule has 0 N–H and O–H groups in total. The van der Waals surface area contributed by atoms with Gasteiger partial charge in [0.2, 0.25) is 0 Å². The van der Waals surface area contributed by atoms with Crippen molar-refractivity contribution in [2.75, 3.05) is 7.11 Å². The van der Waals surface area contributed by atoms with E-state index in [9.17, 15) is 4.79 Å². The molecule has 24 heavy (non-hydrogen) atoms. The standard InChI is InChI=1S/C19H20N2O2S/c1-12-5-6-14(13(2)9-12)10-18(22)20-19-21(3)16-8-7-15(23-4)11-17(16)24-19/h5-9,11H,10H2,1-4H3. The van der Waals surface area contributed by atoms with Crippen LogP contribution in [0.25, 0.3) is 10.2 Å². The summed E-state index contributed by atoms with van der Waals surface area (Å²) in [6, 6.07) is 12.0. The predicted molar refractivity (Wildman–Crippen MR) is 97.5 cm³/mol. The first-order valence-corrected chi connectivity index (χ1v) is 8.57. The quantitative estimate of drug-likeness (QED) is 0.732. The summed E-state index contributed by atoms with van der Waals surface area (Å²) in [5, 5.41) is 0. The van der Waals surface area contributed by atoms with E-state index in [2.05, 4.69) is 18.0 Å². The van der Waals surface area contributed by atoms with Crippen molar-refractivity contribution in [3.8, 4) is 5.75 Å². The topological polar surface area (TPSA) is 43.6 Å². The smallest absolute Gasteiger partial charge is 0.252 e. The zero-order valence-corrected chi connectivity index (χ0v) is 15.1. The van der Waals surface area contributed by atoms with Crippen LogP contribution >= 0.6 is 11.3 Å². The summed E-state index contributed by atoms with van der Waals surface area (Å²) in [4.78, 5) is 17.4. The lowest BCUT2D eigenvalue weighted by Gasteiger charge is -2.04. The maximum Gasteiger partial charge on any atom is 0.252 e. The van der Waals surface area contributed by atoms with E-state index < -0.39 is 0 Å². The van der Waals surface area contributed by atoms with Gasteiger partial charge in [0.25, 0.3) is 5.91 Å². The maximum absolute atomic E-state index is 12.4. The molecule has 124 valence electrons. The Kier molecular flexibility index (Phi) is 4.53. The molecule has 0 spiro atoms. The number of benzene rings is 2. The van der Waals surface area contributed by atoms with Gasteiger partial charge in [0, 0.05) is 7.05 Å². The third-order valence-corrected chi connectivity index (χ3v) is 5.17. The molecule has 0 atom stereocenters. The summed E-state index contributed by atoms with van der Waals surface area (Å²) in [6.45, 7) is 4.08. The van der Waals surface area contributed by atoms with E-state index in [1.807, 2.05) is 48.9 Å². The van der Waals surface area contributed by atoms with Gasteiger partial charge in [-0.2, -0.15) is 4.99 Å². The average molecular weight is 340 g/mol. The van der Waals surface area contributed by atoms with Crippen molar-refractivity contribution in [2.45, 2.75) is 20.3 Å². The van der Waals surface area contributed by atoms with Gasteiger partial charge in [-0.05, 0) is 43.2 Å². The molecule has 2 aromatic carbocycles. The number of rotatable bonds is 3. The van der Waals surface area contributed by atoms with Crippen LogP contribution in [-0.4, -0.2) is 17.6 Å². The van der Waals surface area contributed by atoms with Crippen molar-refractivity contribution in [1.82, 2.24) is 4.57 Å². The van der Waals surface area contributed by atoms with Crippen molar-refractivity contribution >= 4 is 27.5 Å². The zero-order valence-electron chi connectivity index (χ0n) is 14.3.